The fourth-order valence-corrected chi connectivity index (χ4v) is 1.33. The van der Waals surface area contributed by atoms with Crippen molar-refractivity contribution in [3.05, 3.63) is 42.3 Å². The second-order valence-corrected chi connectivity index (χ2v) is 3.30. The molecule has 0 spiro atoms. The minimum absolute atomic E-state index is 0.249. The third-order valence-electron chi connectivity index (χ3n) is 2.09. The molecule has 0 bridgehead atoms. The Morgan fingerprint density at radius 2 is 2.12 bits per heavy atom. The number of nitrogens with zero attached hydrogens (tertiary/aromatic N) is 1. The Morgan fingerprint density at radius 3 is 2.71 bits per heavy atom. The summed E-state index contributed by atoms with van der Waals surface area (Å²) >= 11 is 0. The summed E-state index contributed by atoms with van der Waals surface area (Å²) in [6.07, 6.45) is 1.35. The number of aromatic nitrogens is 1. The molecular weight excluding hydrogens is 220 g/mol. The lowest BCUT2D eigenvalue weighted by Gasteiger charge is -2.05. The van der Waals surface area contributed by atoms with Gasteiger partial charge in [0.1, 0.15) is 12.0 Å². The predicted molar refractivity (Wildman–Crippen MR) is 62.1 cm³/mol. The topological polar surface area (TPSA) is 64.4 Å². The van der Waals surface area contributed by atoms with Gasteiger partial charge in [-0.15, -0.1) is 0 Å². The third kappa shape index (κ3) is 2.84. The van der Waals surface area contributed by atoms with Crippen LogP contribution in [0.15, 0.2) is 41.1 Å². The molecule has 17 heavy (non-hydrogen) atoms. The fraction of sp³-hybridized carbons (Fsp3) is 0.167. The molecule has 0 aliphatic heterocycles. The molecular formula is C12H12N2O3. The number of nitrogens with one attached hydrogen (secondary N) is 1. The van der Waals surface area contributed by atoms with Crippen LogP contribution in [-0.4, -0.2) is 17.7 Å². The number of amides is 1. The Balaban J connectivity index is 2.01. The summed E-state index contributed by atoms with van der Waals surface area (Å²) in [4.78, 5) is 11.6. The van der Waals surface area contributed by atoms with E-state index in [1.54, 1.807) is 24.3 Å². The van der Waals surface area contributed by atoms with Gasteiger partial charge in [0.25, 0.3) is 5.91 Å². The summed E-state index contributed by atoms with van der Waals surface area (Å²) in [5, 5.41) is 6.24. The van der Waals surface area contributed by atoms with Gasteiger partial charge in [0, 0.05) is 11.8 Å². The lowest BCUT2D eigenvalue weighted by Crippen LogP contribution is -2.11. The molecule has 0 saturated heterocycles. The van der Waals surface area contributed by atoms with Crippen molar-refractivity contribution in [3.63, 3.8) is 0 Å². The maximum atomic E-state index is 11.6. The number of hydrogen-bond donors (Lipinski definition) is 1. The molecule has 2 rings (SSSR count). The minimum Gasteiger partial charge on any atom is -0.494 e. The van der Waals surface area contributed by atoms with Crippen molar-refractivity contribution < 1.29 is 14.1 Å². The van der Waals surface area contributed by atoms with Gasteiger partial charge in [-0.05, 0) is 31.2 Å². The van der Waals surface area contributed by atoms with Gasteiger partial charge in [-0.3, -0.25) is 4.79 Å². The number of ether oxygens (including phenoxy) is 1. The number of hydrogen-bond acceptors (Lipinski definition) is 4. The van der Waals surface area contributed by atoms with Gasteiger partial charge in [0.2, 0.25) is 0 Å². The molecule has 1 amide bonds. The monoisotopic (exact) mass is 232 g/mol. The first-order valence-electron chi connectivity index (χ1n) is 5.24. The van der Waals surface area contributed by atoms with Crippen LogP contribution in [0.3, 0.4) is 0 Å². The molecule has 5 nitrogen and oxygen atoms in total. The summed E-state index contributed by atoms with van der Waals surface area (Å²) in [5.74, 6) is 0.467. The highest BCUT2D eigenvalue weighted by atomic mass is 16.5. The smallest absolute Gasteiger partial charge is 0.277 e. The predicted octanol–water partition coefficient (Wildman–Crippen LogP) is 2.33. The van der Waals surface area contributed by atoms with Gasteiger partial charge < -0.3 is 14.6 Å². The van der Waals surface area contributed by atoms with Crippen LogP contribution >= 0.6 is 0 Å². The molecule has 1 aromatic carbocycles. The first-order chi connectivity index (χ1) is 8.29. The average molecular weight is 232 g/mol. The van der Waals surface area contributed by atoms with Crippen LogP contribution in [0.4, 0.5) is 5.69 Å². The lowest BCUT2D eigenvalue weighted by molar-refractivity contribution is 0.101. The van der Waals surface area contributed by atoms with Crippen LogP contribution in [0, 0.1) is 0 Å². The number of carbonyl (C=O) groups is 1. The Hall–Kier alpha value is -2.30. The Bertz CT molecular complexity index is 477. The largest absolute Gasteiger partial charge is 0.494 e. The van der Waals surface area contributed by atoms with Crippen molar-refractivity contribution in [2.24, 2.45) is 0 Å². The van der Waals surface area contributed by atoms with E-state index in [0.717, 1.165) is 5.75 Å². The zero-order valence-electron chi connectivity index (χ0n) is 9.34. The molecule has 0 aliphatic carbocycles. The molecule has 0 radical (unpaired) electrons. The summed E-state index contributed by atoms with van der Waals surface area (Å²) in [6.45, 7) is 2.53. The van der Waals surface area contributed by atoms with Crippen LogP contribution in [0.25, 0.3) is 0 Å². The van der Waals surface area contributed by atoms with Crippen LogP contribution in [0.1, 0.15) is 17.4 Å². The van der Waals surface area contributed by atoms with E-state index in [0.29, 0.717) is 12.3 Å². The highest BCUT2D eigenvalue weighted by molar-refractivity contribution is 6.02. The third-order valence-corrected chi connectivity index (χ3v) is 2.09. The molecule has 5 heteroatoms. The van der Waals surface area contributed by atoms with E-state index in [-0.39, 0.29) is 11.6 Å². The normalized spacial score (nSPS) is 9.94. The minimum atomic E-state index is -0.303. The molecule has 1 N–H and O–H groups in total. The van der Waals surface area contributed by atoms with E-state index in [4.69, 9.17) is 4.74 Å². The lowest BCUT2D eigenvalue weighted by atomic mass is 10.3. The van der Waals surface area contributed by atoms with Gasteiger partial charge in [0.15, 0.2) is 5.69 Å². The van der Waals surface area contributed by atoms with Crippen LogP contribution in [0.5, 0.6) is 5.75 Å². The second kappa shape index (κ2) is 5.16. The maximum absolute atomic E-state index is 11.6. The molecule has 88 valence electrons. The molecule has 1 aromatic heterocycles. The van der Waals surface area contributed by atoms with Crippen molar-refractivity contribution in [1.29, 1.82) is 0 Å². The summed E-state index contributed by atoms with van der Waals surface area (Å²) < 4.78 is 9.89. The summed E-state index contributed by atoms with van der Waals surface area (Å²) in [7, 11) is 0. The van der Waals surface area contributed by atoms with Crippen molar-refractivity contribution in [3.8, 4) is 5.75 Å². The van der Waals surface area contributed by atoms with Crippen molar-refractivity contribution in [2.45, 2.75) is 6.92 Å². The number of anilines is 1. The van der Waals surface area contributed by atoms with E-state index < -0.39 is 0 Å². The quantitative estimate of drug-likeness (QED) is 0.878. The van der Waals surface area contributed by atoms with Gasteiger partial charge in [-0.2, -0.15) is 0 Å². The summed E-state index contributed by atoms with van der Waals surface area (Å²) in [6, 6.07) is 8.62. The Morgan fingerprint density at radius 1 is 1.35 bits per heavy atom. The molecule has 0 saturated carbocycles. The van der Waals surface area contributed by atoms with E-state index in [1.807, 2.05) is 6.92 Å². The Kier molecular flexibility index (Phi) is 3.40. The van der Waals surface area contributed by atoms with E-state index in [9.17, 15) is 4.79 Å². The van der Waals surface area contributed by atoms with Gasteiger partial charge in [0.05, 0.1) is 6.61 Å². The molecule has 0 unspecified atom stereocenters. The van der Waals surface area contributed by atoms with Gasteiger partial charge >= 0.3 is 0 Å². The highest BCUT2D eigenvalue weighted by Gasteiger charge is 2.08. The van der Waals surface area contributed by atoms with E-state index in [1.165, 1.54) is 12.3 Å². The van der Waals surface area contributed by atoms with Crippen LogP contribution < -0.4 is 10.1 Å². The molecule has 1 heterocycles. The number of rotatable bonds is 4. The molecule has 0 fully saturated rings. The molecule has 2 aromatic rings. The Labute approximate surface area is 98.4 Å². The van der Waals surface area contributed by atoms with Crippen molar-refractivity contribution in [1.82, 2.24) is 5.16 Å². The fourth-order valence-electron chi connectivity index (χ4n) is 1.33. The average Bonchev–Trinajstić information content (AvgIpc) is 2.86. The van der Waals surface area contributed by atoms with Crippen molar-refractivity contribution >= 4 is 11.6 Å². The maximum Gasteiger partial charge on any atom is 0.277 e. The number of benzene rings is 1. The van der Waals surface area contributed by atoms with Crippen LogP contribution in [-0.2, 0) is 0 Å². The van der Waals surface area contributed by atoms with E-state index >= 15 is 0 Å². The van der Waals surface area contributed by atoms with Gasteiger partial charge in [-0.1, -0.05) is 5.16 Å². The standard InChI is InChI=1S/C12H12N2O3/c1-2-16-10-5-3-9(4-6-10)13-12(15)11-7-8-17-14-11/h3-8H,2H2,1H3,(H,13,15). The zero-order chi connectivity index (χ0) is 12.1. The first kappa shape index (κ1) is 11.2. The zero-order valence-corrected chi connectivity index (χ0v) is 9.34. The van der Waals surface area contributed by atoms with Crippen molar-refractivity contribution in [2.75, 3.05) is 11.9 Å². The molecule has 0 atom stereocenters. The summed E-state index contributed by atoms with van der Waals surface area (Å²) in [5.41, 5.74) is 0.931. The second-order valence-electron chi connectivity index (χ2n) is 3.30. The van der Waals surface area contributed by atoms with E-state index in [2.05, 4.69) is 15.0 Å². The number of carbonyl (C=O) groups excluding carboxylic acids is 1. The first-order valence-corrected chi connectivity index (χ1v) is 5.24. The SMILES string of the molecule is CCOc1ccc(NC(=O)c2ccon2)cc1. The highest BCUT2D eigenvalue weighted by Crippen LogP contribution is 2.16. The van der Waals surface area contributed by atoms with Gasteiger partial charge in [-0.25, -0.2) is 0 Å². The van der Waals surface area contributed by atoms with Crippen LogP contribution in [0.2, 0.25) is 0 Å². The molecule has 0 aliphatic rings.